The first-order chi connectivity index (χ1) is 16.6. The van der Waals surface area contributed by atoms with Crippen molar-refractivity contribution in [1.29, 1.82) is 0 Å². The van der Waals surface area contributed by atoms with Gasteiger partial charge < -0.3 is 9.47 Å². The lowest BCUT2D eigenvalue weighted by Crippen LogP contribution is -2.39. The molecule has 1 N–H and O–H groups in total. The summed E-state index contributed by atoms with van der Waals surface area (Å²) in [6.07, 6.45) is 0. The Morgan fingerprint density at radius 3 is 2.17 bits per heavy atom. The molecule has 184 valence electrons. The van der Waals surface area contributed by atoms with Crippen LogP contribution in [0.5, 0.6) is 11.5 Å². The zero-order valence-electron chi connectivity index (χ0n) is 19.2. The summed E-state index contributed by atoms with van der Waals surface area (Å²) in [5.41, 5.74) is 3.70. The molecule has 1 amide bonds. The van der Waals surface area contributed by atoms with Crippen LogP contribution in [0.1, 0.15) is 12.5 Å². The molecule has 35 heavy (non-hydrogen) atoms. The Morgan fingerprint density at radius 1 is 0.943 bits per heavy atom. The van der Waals surface area contributed by atoms with Crippen LogP contribution in [0.25, 0.3) is 0 Å². The Hall–Kier alpha value is -3.27. The molecule has 0 aliphatic heterocycles. The van der Waals surface area contributed by atoms with Crippen LogP contribution in [0.4, 0.5) is 5.69 Å². The lowest BCUT2D eigenvalue weighted by molar-refractivity contribution is -0.119. The summed E-state index contributed by atoms with van der Waals surface area (Å²) < 4.78 is 38.2. The van der Waals surface area contributed by atoms with E-state index in [1.165, 1.54) is 44.6 Å². The minimum Gasteiger partial charge on any atom is -0.493 e. The highest BCUT2D eigenvalue weighted by atomic mass is 35.5. The van der Waals surface area contributed by atoms with Gasteiger partial charge in [0, 0.05) is 15.6 Å². The van der Waals surface area contributed by atoms with Crippen LogP contribution in [0.2, 0.25) is 10.0 Å². The number of ether oxygens (including phenoxy) is 2. The summed E-state index contributed by atoms with van der Waals surface area (Å²) in [7, 11) is -1.07. The molecule has 3 aromatic rings. The molecule has 0 aromatic heterocycles. The second-order valence-corrected chi connectivity index (χ2v) is 9.99. The highest BCUT2D eigenvalue weighted by Gasteiger charge is 2.27. The predicted molar refractivity (Wildman–Crippen MR) is 137 cm³/mol. The molecule has 3 aromatic carbocycles. The van der Waals surface area contributed by atoms with E-state index < -0.39 is 22.5 Å². The Labute approximate surface area is 214 Å². The van der Waals surface area contributed by atoms with Crippen molar-refractivity contribution in [3.8, 4) is 11.5 Å². The molecule has 0 fully saturated rings. The van der Waals surface area contributed by atoms with E-state index in [1.54, 1.807) is 43.3 Å². The van der Waals surface area contributed by atoms with Crippen LogP contribution >= 0.6 is 23.2 Å². The Morgan fingerprint density at radius 2 is 1.57 bits per heavy atom. The van der Waals surface area contributed by atoms with Crippen molar-refractivity contribution in [2.24, 2.45) is 5.10 Å². The van der Waals surface area contributed by atoms with Gasteiger partial charge >= 0.3 is 0 Å². The molecule has 0 aliphatic carbocycles. The van der Waals surface area contributed by atoms with Gasteiger partial charge in [-0.1, -0.05) is 41.4 Å². The average molecular weight is 536 g/mol. The molecule has 0 bridgehead atoms. The number of anilines is 1. The molecule has 0 radical (unpaired) electrons. The molecule has 0 heterocycles. The maximum absolute atomic E-state index is 13.4. The van der Waals surface area contributed by atoms with Gasteiger partial charge in [-0.25, -0.2) is 13.8 Å². The van der Waals surface area contributed by atoms with Gasteiger partial charge in [-0.15, -0.1) is 0 Å². The third-order valence-corrected chi connectivity index (χ3v) is 7.13. The van der Waals surface area contributed by atoms with Crippen LogP contribution in [-0.4, -0.2) is 40.8 Å². The quantitative estimate of drug-likeness (QED) is 0.315. The number of rotatable bonds is 9. The summed E-state index contributed by atoms with van der Waals surface area (Å²) in [4.78, 5) is 12.8. The molecule has 11 heteroatoms. The molecular formula is C24H23Cl2N3O5S. The first-order valence-corrected chi connectivity index (χ1v) is 12.4. The van der Waals surface area contributed by atoms with E-state index in [-0.39, 0.29) is 20.6 Å². The van der Waals surface area contributed by atoms with Crippen molar-refractivity contribution in [2.45, 2.75) is 11.8 Å². The van der Waals surface area contributed by atoms with Gasteiger partial charge in [0.25, 0.3) is 15.9 Å². The minimum absolute atomic E-state index is 0.00825. The maximum atomic E-state index is 13.4. The van der Waals surface area contributed by atoms with E-state index in [9.17, 15) is 13.2 Å². The third-order valence-electron chi connectivity index (χ3n) is 4.90. The van der Waals surface area contributed by atoms with Crippen molar-refractivity contribution in [2.75, 3.05) is 25.1 Å². The molecule has 0 saturated heterocycles. The number of sulfonamides is 1. The van der Waals surface area contributed by atoms with Crippen molar-refractivity contribution in [1.82, 2.24) is 5.43 Å². The van der Waals surface area contributed by atoms with Crippen LogP contribution < -0.4 is 19.2 Å². The Kier molecular flexibility index (Phi) is 8.61. The lowest BCUT2D eigenvalue weighted by atomic mass is 10.1. The monoisotopic (exact) mass is 535 g/mol. The molecule has 0 spiro atoms. The summed E-state index contributed by atoms with van der Waals surface area (Å²) in [6.45, 7) is 1.13. The van der Waals surface area contributed by atoms with Crippen LogP contribution in [0, 0.1) is 0 Å². The van der Waals surface area contributed by atoms with Crippen molar-refractivity contribution in [3.05, 3.63) is 82.3 Å². The van der Waals surface area contributed by atoms with Crippen molar-refractivity contribution < 1.29 is 22.7 Å². The number of carbonyl (C=O) groups is 1. The van der Waals surface area contributed by atoms with Gasteiger partial charge in [0.05, 0.1) is 30.5 Å². The van der Waals surface area contributed by atoms with Crippen LogP contribution in [0.15, 0.2) is 76.7 Å². The summed E-state index contributed by atoms with van der Waals surface area (Å²) >= 11 is 12.2. The van der Waals surface area contributed by atoms with Crippen LogP contribution in [-0.2, 0) is 14.8 Å². The predicted octanol–water partition coefficient (Wildman–Crippen LogP) is 4.75. The number of hydrogen-bond donors (Lipinski definition) is 1. The molecule has 3 rings (SSSR count). The van der Waals surface area contributed by atoms with Gasteiger partial charge in [0.1, 0.15) is 6.54 Å². The first-order valence-electron chi connectivity index (χ1n) is 10.2. The van der Waals surface area contributed by atoms with E-state index in [2.05, 4.69) is 10.5 Å². The number of hydrogen-bond acceptors (Lipinski definition) is 6. The standard InChI is InChI=1S/C24H23Cl2N3O5S/c1-16(17-9-10-22(33-2)23(11-17)34-3)27-28-24(30)15-29(20-13-18(25)12-19(26)14-20)35(31,32)21-7-5-4-6-8-21/h4-14H,15H2,1-3H3,(H,28,30)/b27-16-. The van der Waals surface area contributed by atoms with E-state index in [0.717, 1.165) is 4.31 Å². The second-order valence-electron chi connectivity index (χ2n) is 7.25. The van der Waals surface area contributed by atoms with Gasteiger partial charge in [-0.3, -0.25) is 9.10 Å². The third kappa shape index (κ3) is 6.45. The van der Waals surface area contributed by atoms with Crippen molar-refractivity contribution >= 4 is 50.5 Å². The Balaban J connectivity index is 1.88. The number of methoxy groups -OCH3 is 2. The molecule has 0 aliphatic rings. The number of halogens is 2. The number of benzene rings is 3. The number of nitrogens with one attached hydrogen (secondary N) is 1. The fourth-order valence-corrected chi connectivity index (χ4v) is 5.10. The zero-order chi connectivity index (χ0) is 25.6. The number of carbonyl (C=O) groups excluding carboxylic acids is 1. The lowest BCUT2D eigenvalue weighted by Gasteiger charge is -2.24. The van der Waals surface area contributed by atoms with E-state index >= 15 is 0 Å². The first kappa shape index (κ1) is 26.3. The van der Waals surface area contributed by atoms with Gasteiger partial charge in [-0.2, -0.15) is 5.10 Å². The minimum atomic E-state index is -4.11. The fraction of sp³-hybridized carbons (Fsp3) is 0.167. The van der Waals surface area contributed by atoms with Gasteiger partial charge in [0.15, 0.2) is 11.5 Å². The number of nitrogens with zero attached hydrogens (tertiary/aromatic N) is 2. The molecule has 8 nitrogen and oxygen atoms in total. The summed E-state index contributed by atoms with van der Waals surface area (Å²) in [6, 6.07) is 17.2. The molecular weight excluding hydrogens is 513 g/mol. The van der Waals surface area contributed by atoms with E-state index in [1.807, 2.05) is 0 Å². The highest BCUT2D eigenvalue weighted by molar-refractivity contribution is 7.92. The molecule has 0 unspecified atom stereocenters. The molecule has 0 saturated carbocycles. The maximum Gasteiger partial charge on any atom is 0.264 e. The summed E-state index contributed by atoms with van der Waals surface area (Å²) in [5, 5.41) is 4.56. The smallest absolute Gasteiger partial charge is 0.264 e. The zero-order valence-corrected chi connectivity index (χ0v) is 21.5. The average Bonchev–Trinajstić information content (AvgIpc) is 2.85. The fourth-order valence-electron chi connectivity index (χ4n) is 3.16. The van der Waals surface area contributed by atoms with E-state index in [4.69, 9.17) is 32.7 Å². The number of hydrazone groups is 1. The largest absolute Gasteiger partial charge is 0.493 e. The second kappa shape index (κ2) is 11.4. The van der Waals surface area contributed by atoms with Crippen LogP contribution in [0.3, 0.4) is 0 Å². The summed E-state index contributed by atoms with van der Waals surface area (Å²) in [5.74, 6) is 0.388. The Bertz CT molecular complexity index is 1330. The van der Waals surface area contributed by atoms with Gasteiger partial charge in [0.2, 0.25) is 0 Å². The number of amides is 1. The SMILES string of the molecule is COc1ccc(/C(C)=N\NC(=O)CN(c2cc(Cl)cc(Cl)c2)S(=O)(=O)c2ccccc2)cc1OC. The van der Waals surface area contributed by atoms with Gasteiger partial charge in [-0.05, 0) is 55.5 Å². The van der Waals surface area contributed by atoms with Crippen molar-refractivity contribution in [3.63, 3.8) is 0 Å². The topological polar surface area (TPSA) is 97.3 Å². The molecule has 0 atom stereocenters. The van der Waals surface area contributed by atoms with E-state index in [0.29, 0.717) is 22.8 Å². The highest BCUT2D eigenvalue weighted by Crippen LogP contribution is 2.30. The normalized spacial score (nSPS) is 11.6.